The molecule has 10 heteroatoms. The van der Waals surface area contributed by atoms with E-state index in [1.807, 2.05) is 11.5 Å². The van der Waals surface area contributed by atoms with Crippen molar-refractivity contribution in [3.05, 3.63) is 92.6 Å². The number of nitrogens with one attached hydrogen (secondary N) is 1. The van der Waals surface area contributed by atoms with Gasteiger partial charge in [-0.2, -0.15) is 0 Å². The fraction of sp³-hybridized carbons (Fsp3) is 0.125. The number of hydrogen-bond donors (Lipinski definition) is 1. The summed E-state index contributed by atoms with van der Waals surface area (Å²) in [6.45, 7) is 5.28. The molecule has 1 fully saturated rings. The van der Waals surface area contributed by atoms with Crippen molar-refractivity contribution in [3.8, 4) is 5.69 Å². The van der Waals surface area contributed by atoms with Crippen molar-refractivity contribution in [1.29, 1.82) is 0 Å². The number of aromatic nitrogens is 1. The largest absolute Gasteiger partial charge is 0.318 e. The number of nitro benzene ring substituents is 1. The molecule has 0 bridgehead atoms. The predicted molar refractivity (Wildman–Crippen MR) is 129 cm³/mol. The molecular formula is C24H19FN4O4S. The van der Waals surface area contributed by atoms with Crippen LogP contribution >= 0.6 is 12.2 Å². The van der Waals surface area contributed by atoms with Gasteiger partial charge in [0.05, 0.1) is 16.3 Å². The molecule has 0 aliphatic carbocycles. The zero-order valence-electron chi connectivity index (χ0n) is 18.5. The average molecular weight is 479 g/mol. The van der Waals surface area contributed by atoms with Crippen molar-refractivity contribution >= 4 is 46.6 Å². The van der Waals surface area contributed by atoms with E-state index in [2.05, 4.69) is 5.32 Å². The molecule has 1 saturated heterocycles. The SMILES string of the molecule is Cc1ccc(-n2c(C)cc(C=C3C(=O)NC(=S)N(c4ccc(F)cc4)C3=O)c2C)cc1[N+](=O)[O-]. The van der Waals surface area contributed by atoms with Crippen LogP contribution < -0.4 is 10.2 Å². The van der Waals surface area contributed by atoms with Crippen molar-refractivity contribution < 1.29 is 18.9 Å². The highest BCUT2D eigenvalue weighted by Crippen LogP contribution is 2.28. The number of amides is 2. The van der Waals surface area contributed by atoms with E-state index in [4.69, 9.17) is 12.2 Å². The number of benzene rings is 2. The van der Waals surface area contributed by atoms with Crippen LogP contribution in [0.3, 0.4) is 0 Å². The Morgan fingerprint density at radius 2 is 1.68 bits per heavy atom. The first-order valence-corrected chi connectivity index (χ1v) is 10.6. The molecule has 34 heavy (non-hydrogen) atoms. The number of carbonyl (C=O) groups excluding carboxylic acids is 2. The van der Waals surface area contributed by atoms with E-state index >= 15 is 0 Å². The Hall–Kier alpha value is -4.18. The second kappa shape index (κ2) is 8.64. The molecule has 1 aromatic heterocycles. The average Bonchev–Trinajstić information content (AvgIpc) is 3.05. The van der Waals surface area contributed by atoms with Gasteiger partial charge in [-0.3, -0.25) is 29.9 Å². The van der Waals surface area contributed by atoms with Gasteiger partial charge in [0.25, 0.3) is 17.5 Å². The minimum Gasteiger partial charge on any atom is -0.318 e. The van der Waals surface area contributed by atoms with Crippen LogP contribution in [0.15, 0.2) is 54.1 Å². The Kier molecular flexibility index (Phi) is 5.84. The third-order valence-electron chi connectivity index (χ3n) is 5.60. The molecule has 0 saturated carbocycles. The third kappa shape index (κ3) is 3.99. The molecule has 172 valence electrons. The van der Waals surface area contributed by atoms with Crippen molar-refractivity contribution in [3.63, 3.8) is 0 Å². The topological polar surface area (TPSA) is 97.5 Å². The number of hydrogen-bond acceptors (Lipinski definition) is 5. The van der Waals surface area contributed by atoms with Crippen LogP contribution in [0.25, 0.3) is 11.8 Å². The lowest BCUT2D eigenvalue weighted by atomic mass is 10.1. The van der Waals surface area contributed by atoms with Crippen LogP contribution in [0.2, 0.25) is 0 Å². The number of rotatable bonds is 4. The summed E-state index contributed by atoms with van der Waals surface area (Å²) in [7, 11) is 0. The molecule has 1 aliphatic heterocycles. The van der Waals surface area contributed by atoms with Crippen LogP contribution in [0.5, 0.6) is 0 Å². The third-order valence-corrected chi connectivity index (χ3v) is 5.89. The van der Waals surface area contributed by atoms with Crippen molar-refractivity contribution in [1.82, 2.24) is 9.88 Å². The van der Waals surface area contributed by atoms with E-state index in [-0.39, 0.29) is 16.4 Å². The standard InChI is InChI=1S/C24H19FN4O4S/c1-13-4-7-19(12-21(13)29(32)33)27-14(2)10-16(15(27)3)11-20-22(30)26-24(34)28(23(20)31)18-8-5-17(25)6-9-18/h4-12H,1-3H3,(H,26,30,34). The van der Waals surface area contributed by atoms with Gasteiger partial charge >= 0.3 is 0 Å². The fourth-order valence-electron chi connectivity index (χ4n) is 3.90. The van der Waals surface area contributed by atoms with Crippen molar-refractivity contribution in [2.75, 3.05) is 4.90 Å². The van der Waals surface area contributed by atoms with Gasteiger partial charge in [-0.1, -0.05) is 6.07 Å². The summed E-state index contributed by atoms with van der Waals surface area (Å²) in [6, 6.07) is 11.9. The van der Waals surface area contributed by atoms with E-state index in [0.717, 1.165) is 10.6 Å². The number of halogens is 1. The zero-order valence-corrected chi connectivity index (χ0v) is 19.3. The smallest absolute Gasteiger partial charge is 0.274 e. The molecule has 0 atom stereocenters. The minimum absolute atomic E-state index is 0.00445. The monoisotopic (exact) mass is 478 g/mol. The van der Waals surface area contributed by atoms with Gasteiger partial charge in [0, 0.05) is 23.0 Å². The molecule has 0 spiro atoms. The molecule has 4 rings (SSSR count). The van der Waals surface area contributed by atoms with Crippen molar-refractivity contribution in [2.45, 2.75) is 20.8 Å². The number of carbonyl (C=O) groups is 2. The van der Waals surface area contributed by atoms with Gasteiger partial charge < -0.3 is 4.57 Å². The van der Waals surface area contributed by atoms with Crippen LogP contribution in [-0.4, -0.2) is 26.4 Å². The second-order valence-corrected chi connectivity index (χ2v) is 8.21. The zero-order chi connectivity index (χ0) is 24.7. The van der Waals surface area contributed by atoms with Crippen LogP contribution in [0, 0.1) is 36.7 Å². The Morgan fingerprint density at radius 3 is 2.32 bits per heavy atom. The van der Waals surface area contributed by atoms with Gasteiger partial charge in [-0.05, 0) is 81.0 Å². The van der Waals surface area contributed by atoms with E-state index in [1.165, 1.54) is 36.4 Å². The van der Waals surface area contributed by atoms with E-state index in [0.29, 0.717) is 28.2 Å². The van der Waals surface area contributed by atoms with E-state index in [9.17, 15) is 24.1 Å². The molecule has 0 unspecified atom stereocenters. The molecule has 2 heterocycles. The second-order valence-electron chi connectivity index (χ2n) is 7.82. The van der Waals surface area contributed by atoms with Crippen LogP contribution in [-0.2, 0) is 9.59 Å². The highest BCUT2D eigenvalue weighted by molar-refractivity contribution is 7.80. The number of anilines is 1. The molecule has 2 amide bonds. The Balaban J connectivity index is 1.77. The maximum Gasteiger partial charge on any atom is 0.274 e. The first-order valence-electron chi connectivity index (χ1n) is 10.2. The lowest BCUT2D eigenvalue weighted by molar-refractivity contribution is -0.385. The fourth-order valence-corrected chi connectivity index (χ4v) is 4.18. The minimum atomic E-state index is -0.649. The highest BCUT2D eigenvalue weighted by Gasteiger charge is 2.34. The van der Waals surface area contributed by atoms with Crippen LogP contribution in [0.4, 0.5) is 15.8 Å². The normalized spacial score (nSPS) is 15.1. The lowest BCUT2D eigenvalue weighted by Gasteiger charge is -2.28. The van der Waals surface area contributed by atoms with Gasteiger partial charge in [-0.15, -0.1) is 0 Å². The first kappa shape index (κ1) is 23.0. The number of nitrogens with zero attached hydrogens (tertiary/aromatic N) is 3. The Labute approximate surface area is 199 Å². The number of aryl methyl sites for hydroxylation is 2. The Morgan fingerprint density at radius 1 is 1.03 bits per heavy atom. The van der Waals surface area contributed by atoms with Gasteiger partial charge in [-0.25, -0.2) is 4.39 Å². The van der Waals surface area contributed by atoms with Crippen molar-refractivity contribution in [2.24, 2.45) is 0 Å². The van der Waals surface area contributed by atoms with Gasteiger partial charge in [0.15, 0.2) is 5.11 Å². The molecule has 8 nitrogen and oxygen atoms in total. The highest BCUT2D eigenvalue weighted by atomic mass is 32.1. The Bertz CT molecular complexity index is 1410. The summed E-state index contributed by atoms with van der Waals surface area (Å²) in [5.41, 5.74) is 3.33. The molecule has 3 aromatic rings. The summed E-state index contributed by atoms with van der Waals surface area (Å²) in [6.07, 6.45) is 1.46. The first-order chi connectivity index (χ1) is 16.1. The van der Waals surface area contributed by atoms with Crippen LogP contribution in [0.1, 0.15) is 22.5 Å². The van der Waals surface area contributed by atoms with Gasteiger partial charge in [0.2, 0.25) is 0 Å². The molecular weight excluding hydrogens is 459 g/mol. The molecule has 1 N–H and O–H groups in total. The lowest BCUT2D eigenvalue weighted by Crippen LogP contribution is -2.54. The predicted octanol–water partition coefficient (Wildman–Crippen LogP) is 4.28. The quantitative estimate of drug-likeness (QED) is 0.198. The van der Waals surface area contributed by atoms with E-state index < -0.39 is 22.6 Å². The maximum absolute atomic E-state index is 13.3. The summed E-state index contributed by atoms with van der Waals surface area (Å²) in [5, 5.41) is 13.8. The maximum atomic E-state index is 13.3. The number of thiocarbonyl (C=S) groups is 1. The van der Waals surface area contributed by atoms with Gasteiger partial charge in [0.1, 0.15) is 11.4 Å². The summed E-state index contributed by atoms with van der Waals surface area (Å²) >= 11 is 5.16. The summed E-state index contributed by atoms with van der Waals surface area (Å²) in [4.78, 5) is 37.9. The molecule has 0 radical (unpaired) electrons. The number of nitro groups is 1. The summed E-state index contributed by atoms with van der Waals surface area (Å²) < 4.78 is 15.1. The summed E-state index contributed by atoms with van der Waals surface area (Å²) in [5.74, 6) is -1.76. The molecule has 1 aliphatic rings. The molecule has 2 aromatic carbocycles. The van der Waals surface area contributed by atoms with E-state index in [1.54, 1.807) is 32.0 Å².